The number of rotatable bonds is 3. The lowest BCUT2D eigenvalue weighted by atomic mass is 10.3. The van der Waals surface area contributed by atoms with E-state index >= 15 is 0 Å². The minimum Gasteiger partial charge on any atom is -0.377 e. The number of hydrogen-bond donors (Lipinski definition) is 0. The van der Waals surface area contributed by atoms with Gasteiger partial charge in [0.1, 0.15) is 18.0 Å². The monoisotopic (exact) mass is 257 g/mol. The standard InChI is InChI=1S/C11H16ClN3O2/c1-7-4-13-11(12)14-10(7)15-5-8(16-2)9(6-15)17-3/h4,8-9H,5-6H2,1-3H3. The molecule has 2 heterocycles. The van der Waals surface area contributed by atoms with Gasteiger partial charge in [-0.3, -0.25) is 0 Å². The molecule has 2 atom stereocenters. The molecule has 1 saturated heterocycles. The molecular formula is C11H16ClN3O2. The van der Waals surface area contributed by atoms with Crippen LogP contribution in [0.25, 0.3) is 0 Å². The van der Waals surface area contributed by atoms with Crippen LogP contribution in [0.4, 0.5) is 5.82 Å². The average Bonchev–Trinajstić information content (AvgIpc) is 2.75. The lowest BCUT2D eigenvalue weighted by molar-refractivity contribution is -0.00461. The molecule has 17 heavy (non-hydrogen) atoms. The van der Waals surface area contributed by atoms with E-state index in [2.05, 4.69) is 14.9 Å². The van der Waals surface area contributed by atoms with E-state index in [9.17, 15) is 0 Å². The molecule has 6 heteroatoms. The van der Waals surface area contributed by atoms with Crippen LogP contribution in [-0.4, -0.2) is 49.5 Å². The Morgan fingerprint density at radius 2 is 1.88 bits per heavy atom. The van der Waals surface area contributed by atoms with Gasteiger partial charge in [-0.15, -0.1) is 0 Å². The summed E-state index contributed by atoms with van der Waals surface area (Å²) in [6.45, 7) is 3.47. The van der Waals surface area contributed by atoms with Crippen LogP contribution in [0.1, 0.15) is 5.56 Å². The maximum atomic E-state index is 5.82. The molecule has 0 radical (unpaired) electrons. The molecule has 94 valence electrons. The van der Waals surface area contributed by atoms with E-state index in [1.165, 1.54) is 0 Å². The quantitative estimate of drug-likeness (QED) is 0.764. The van der Waals surface area contributed by atoms with Crippen molar-refractivity contribution in [3.05, 3.63) is 17.0 Å². The smallest absolute Gasteiger partial charge is 0.224 e. The number of methoxy groups -OCH3 is 2. The predicted molar refractivity (Wildman–Crippen MR) is 65.6 cm³/mol. The number of aromatic nitrogens is 2. The summed E-state index contributed by atoms with van der Waals surface area (Å²) in [6, 6.07) is 0. The third kappa shape index (κ3) is 2.51. The van der Waals surface area contributed by atoms with Gasteiger partial charge in [0.25, 0.3) is 0 Å². The molecule has 0 aromatic carbocycles. The molecule has 0 N–H and O–H groups in total. The second-order valence-electron chi connectivity index (χ2n) is 4.10. The van der Waals surface area contributed by atoms with Gasteiger partial charge >= 0.3 is 0 Å². The van der Waals surface area contributed by atoms with Crippen LogP contribution in [0.3, 0.4) is 0 Å². The van der Waals surface area contributed by atoms with E-state index in [0.29, 0.717) is 0 Å². The Morgan fingerprint density at radius 3 is 2.41 bits per heavy atom. The molecule has 2 rings (SSSR count). The summed E-state index contributed by atoms with van der Waals surface area (Å²) in [6.07, 6.45) is 1.85. The number of ether oxygens (including phenoxy) is 2. The van der Waals surface area contributed by atoms with Crippen molar-refractivity contribution in [2.24, 2.45) is 0 Å². The summed E-state index contributed by atoms with van der Waals surface area (Å²) in [5.74, 6) is 0.853. The largest absolute Gasteiger partial charge is 0.377 e. The lowest BCUT2D eigenvalue weighted by Gasteiger charge is -2.18. The van der Waals surface area contributed by atoms with Crippen LogP contribution in [-0.2, 0) is 9.47 Å². The molecule has 0 amide bonds. The van der Waals surface area contributed by atoms with Crippen molar-refractivity contribution < 1.29 is 9.47 Å². The molecule has 5 nitrogen and oxygen atoms in total. The zero-order valence-electron chi connectivity index (χ0n) is 10.2. The van der Waals surface area contributed by atoms with E-state index in [0.717, 1.165) is 24.5 Å². The maximum absolute atomic E-state index is 5.82. The van der Waals surface area contributed by atoms with Crippen molar-refractivity contribution in [1.82, 2.24) is 9.97 Å². The molecule has 1 aromatic heterocycles. The Labute approximate surface area is 106 Å². The van der Waals surface area contributed by atoms with Crippen LogP contribution in [0, 0.1) is 6.92 Å². The van der Waals surface area contributed by atoms with Crippen molar-refractivity contribution in [3.63, 3.8) is 0 Å². The van der Waals surface area contributed by atoms with Gasteiger partial charge in [-0.1, -0.05) is 0 Å². The molecular weight excluding hydrogens is 242 g/mol. The highest BCUT2D eigenvalue weighted by atomic mass is 35.5. The van der Waals surface area contributed by atoms with Crippen LogP contribution >= 0.6 is 11.6 Å². The molecule has 0 spiro atoms. The Bertz CT molecular complexity index is 390. The first-order chi connectivity index (χ1) is 8.15. The highest BCUT2D eigenvalue weighted by Gasteiger charge is 2.34. The zero-order chi connectivity index (χ0) is 12.4. The summed E-state index contributed by atoms with van der Waals surface area (Å²) in [7, 11) is 3.39. The molecule has 1 aliphatic rings. The van der Waals surface area contributed by atoms with Crippen molar-refractivity contribution in [3.8, 4) is 0 Å². The van der Waals surface area contributed by atoms with E-state index < -0.39 is 0 Å². The first-order valence-electron chi connectivity index (χ1n) is 5.45. The van der Waals surface area contributed by atoms with E-state index in [4.69, 9.17) is 21.1 Å². The molecule has 0 aliphatic carbocycles. The summed E-state index contributed by atoms with van der Waals surface area (Å²) in [5.41, 5.74) is 1.00. The zero-order valence-corrected chi connectivity index (χ0v) is 10.9. The Kier molecular flexibility index (Phi) is 3.81. The molecule has 1 aliphatic heterocycles. The average molecular weight is 258 g/mol. The van der Waals surface area contributed by atoms with Gasteiger partial charge in [0, 0.05) is 39.1 Å². The summed E-state index contributed by atoms with van der Waals surface area (Å²) in [5, 5.41) is 0.264. The van der Waals surface area contributed by atoms with Gasteiger partial charge in [0.05, 0.1) is 0 Å². The Morgan fingerprint density at radius 1 is 1.29 bits per heavy atom. The Hall–Kier alpha value is -0.910. The molecule has 0 saturated carbocycles. The SMILES string of the molecule is COC1CN(c2nc(Cl)ncc2C)CC1OC. The second-order valence-corrected chi connectivity index (χ2v) is 4.44. The fraction of sp³-hybridized carbons (Fsp3) is 0.636. The fourth-order valence-electron chi connectivity index (χ4n) is 2.10. The van der Waals surface area contributed by atoms with E-state index in [1.54, 1.807) is 20.4 Å². The molecule has 0 bridgehead atoms. The van der Waals surface area contributed by atoms with E-state index in [-0.39, 0.29) is 17.5 Å². The van der Waals surface area contributed by atoms with Crippen LogP contribution in [0.2, 0.25) is 5.28 Å². The van der Waals surface area contributed by atoms with Crippen molar-refractivity contribution in [2.75, 3.05) is 32.2 Å². The number of anilines is 1. The van der Waals surface area contributed by atoms with Crippen LogP contribution in [0.5, 0.6) is 0 Å². The molecule has 1 fully saturated rings. The number of hydrogen-bond acceptors (Lipinski definition) is 5. The van der Waals surface area contributed by atoms with Gasteiger partial charge in [-0.25, -0.2) is 9.97 Å². The van der Waals surface area contributed by atoms with Crippen molar-refractivity contribution in [2.45, 2.75) is 19.1 Å². The molecule has 1 aromatic rings. The third-order valence-corrected chi connectivity index (χ3v) is 3.22. The first-order valence-corrected chi connectivity index (χ1v) is 5.83. The van der Waals surface area contributed by atoms with Crippen LogP contribution in [0.15, 0.2) is 6.20 Å². The fourth-order valence-corrected chi connectivity index (χ4v) is 2.23. The lowest BCUT2D eigenvalue weighted by Crippen LogP contribution is -2.27. The van der Waals surface area contributed by atoms with Gasteiger partial charge < -0.3 is 14.4 Å². The third-order valence-electron chi connectivity index (χ3n) is 3.04. The molecule has 2 unspecified atom stereocenters. The minimum absolute atomic E-state index is 0.0631. The van der Waals surface area contributed by atoms with Crippen molar-refractivity contribution in [1.29, 1.82) is 0 Å². The number of halogens is 1. The highest BCUT2D eigenvalue weighted by Crippen LogP contribution is 2.25. The van der Waals surface area contributed by atoms with Crippen LogP contribution < -0.4 is 4.90 Å². The van der Waals surface area contributed by atoms with Gasteiger partial charge in [-0.2, -0.15) is 0 Å². The number of aryl methyl sites for hydroxylation is 1. The maximum Gasteiger partial charge on any atom is 0.224 e. The van der Waals surface area contributed by atoms with Gasteiger partial charge in [0.15, 0.2) is 0 Å². The highest BCUT2D eigenvalue weighted by molar-refractivity contribution is 6.28. The van der Waals surface area contributed by atoms with E-state index in [1.807, 2.05) is 6.92 Å². The van der Waals surface area contributed by atoms with Gasteiger partial charge in [0.2, 0.25) is 5.28 Å². The predicted octanol–water partition coefficient (Wildman–Crippen LogP) is 1.29. The minimum atomic E-state index is 0.0631. The second kappa shape index (κ2) is 5.16. The normalized spacial score (nSPS) is 24.4. The van der Waals surface area contributed by atoms with Gasteiger partial charge in [-0.05, 0) is 18.5 Å². The number of nitrogens with zero attached hydrogens (tertiary/aromatic N) is 3. The summed E-state index contributed by atoms with van der Waals surface area (Å²) in [4.78, 5) is 10.3. The van der Waals surface area contributed by atoms with Crippen molar-refractivity contribution >= 4 is 17.4 Å². The first kappa shape index (κ1) is 12.5. The summed E-state index contributed by atoms with van der Waals surface area (Å²) >= 11 is 5.82. The topological polar surface area (TPSA) is 47.5 Å². The summed E-state index contributed by atoms with van der Waals surface area (Å²) < 4.78 is 10.8. The Balaban J connectivity index is 2.21.